The molecule has 0 unspecified atom stereocenters. The summed E-state index contributed by atoms with van der Waals surface area (Å²) in [7, 11) is 0. The van der Waals surface area contributed by atoms with E-state index >= 15 is 0 Å². The van der Waals surface area contributed by atoms with Crippen molar-refractivity contribution in [3.8, 4) is 5.69 Å². The van der Waals surface area contributed by atoms with Crippen molar-refractivity contribution in [3.63, 3.8) is 0 Å². The van der Waals surface area contributed by atoms with Gasteiger partial charge in [-0.2, -0.15) is 5.10 Å². The highest BCUT2D eigenvalue weighted by Crippen LogP contribution is 2.23. The van der Waals surface area contributed by atoms with Crippen LogP contribution in [0.3, 0.4) is 0 Å². The van der Waals surface area contributed by atoms with Crippen LogP contribution in [0.15, 0.2) is 61.2 Å². The van der Waals surface area contributed by atoms with Crippen LogP contribution < -0.4 is 5.32 Å². The zero-order chi connectivity index (χ0) is 22.0. The van der Waals surface area contributed by atoms with Crippen LogP contribution in [0, 0.1) is 5.82 Å². The average molecular weight is 419 g/mol. The molecule has 9 heteroatoms. The minimum atomic E-state index is -1.13. The number of hydrogen-bond acceptors (Lipinski definition) is 5. The maximum atomic E-state index is 13.2. The smallest absolute Gasteiger partial charge is 0.354 e. The van der Waals surface area contributed by atoms with Gasteiger partial charge in [0.15, 0.2) is 0 Å². The number of carbonyl (C=O) groups is 2. The number of rotatable bonds is 6. The van der Waals surface area contributed by atoms with Crippen LogP contribution >= 0.6 is 0 Å². The van der Waals surface area contributed by atoms with Crippen molar-refractivity contribution < 1.29 is 19.1 Å². The predicted octanol–water partition coefficient (Wildman–Crippen LogP) is 3.53. The van der Waals surface area contributed by atoms with Crippen molar-refractivity contribution in [2.75, 3.05) is 0 Å². The van der Waals surface area contributed by atoms with Crippen molar-refractivity contribution in [1.29, 1.82) is 0 Å². The van der Waals surface area contributed by atoms with Crippen LogP contribution in [0.2, 0.25) is 0 Å². The topological polar surface area (TPSA) is 110 Å². The molecule has 0 saturated carbocycles. The van der Waals surface area contributed by atoms with Crippen molar-refractivity contribution in [2.24, 2.45) is 0 Å². The Balaban J connectivity index is 1.65. The van der Waals surface area contributed by atoms with Gasteiger partial charge in [0.25, 0.3) is 5.91 Å². The lowest BCUT2D eigenvalue weighted by atomic mass is 10.0. The summed E-state index contributed by atoms with van der Waals surface area (Å²) >= 11 is 0. The highest BCUT2D eigenvalue weighted by atomic mass is 19.1. The highest BCUT2D eigenvalue weighted by molar-refractivity contribution is 6.06. The van der Waals surface area contributed by atoms with Gasteiger partial charge in [-0.25, -0.2) is 18.9 Å². The van der Waals surface area contributed by atoms with Gasteiger partial charge in [-0.3, -0.25) is 9.78 Å². The molecule has 4 aromatic rings. The first-order chi connectivity index (χ1) is 15.0. The van der Waals surface area contributed by atoms with Crippen molar-refractivity contribution >= 4 is 22.8 Å². The number of pyridine rings is 2. The number of carbonyl (C=O) groups excluding carboxylic acids is 1. The molecule has 1 atom stereocenters. The van der Waals surface area contributed by atoms with E-state index in [1.54, 1.807) is 35.3 Å². The molecular weight excluding hydrogens is 401 g/mol. The quantitative estimate of drug-likeness (QED) is 0.495. The molecule has 0 spiro atoms. The molecule has 0 saturated heterocycles. The van der Waals surface area contributed by atoms with Crippen LogP contribution in [-0.4, -0.2) is 36.7 Å². The van der Waals surface area contributed by atoms with Gasteiger partial charge in [-0.1, -0.05) is 6.92 Å². The Labute approximate surface area is 176 Å². The van der Waals surface area contributed by atoms with Crippen molar-refractivity contribution in [3.05, 3.63) is 83.8 Å². The van der Waals surface area contributed by atoms with Crippen molar-refractivity contribution in [2.45, 2.75) is 19.4 Å². The molecule has 3 aromatic heterocycles. The first kappa shape index (κ1) is 20.1. The summed E-state index contributed by atoms with van der Waals surface area (Å²) in [5.41, 5.74) is 2.13. The van der Waals surface area contributed by atoms with E-state index in [2.05, 4.69) is 20.4 Å². The Bertz CT molecular complexity index is 1270. The molecule has 2 N–H and O–H groups in total. The predicted molar refractivity (Wildman–Crippen MR) is 111 cm³/mol. The molecule has 4 rings (SSSR count). The monoisotopic (exact) mass is 419 g/mol. The maximum absolute atomic E-state index is 13.2. The van der Waals surface area contributed by atoms with Crippen molar-refractivity contribution in [1.82, 2.24) is 25.1 Å². The highest BCUT2D eigenvalue weighted by Gasteiger charge is 2.19. The summed E-state index contributed by atoms with van der Waals surface area (Å²) in [6, 6.07) is 8.55. The molecule has 8 nitrogen and oxygen atoms in total. The molecule has 156 valence electrons. The Morgan fingerprint density at radius 2 is 1.94 bits per heavy atom. The molecule has 0 fully saturated rings. The lowest BCUT2D eigenvalue weighted by Gasteiger charge is -2.18. The third-order valence-electron chi connectivity index (χ3n) is 4.93. The molecule has 0 bridgehead atoms. The molecule has 3 heterocycles. The molecule has 0 aliphatic rings. The molecule has 1 amide bonds. The van der Waals surface area contributed by atoms with E-state index in [0.29, 0.717) is 34.1 Å². The van der Waals surface area contributed by atoms with E-state index in [9.17, 15) is 14.0 Å². The number of carboxylic acid groups (broad SMARTS) is 1. The fourth-order valence-corrected chi connectivity index (χ4v) is 3.35. The van der Waals surface area contributed by atoms with E-state index < -0.39 is 12.0 Å². The number of amides is 1. The molecule has 31 heavy (non-hydrogen) atoms. The Morgan fingerprint density at radius 1 is 1.16 bits per heavy atom. The number of aromatic nitrogens is 4. The second-order valence-corrected chi connectivity index (χ2v) is 6.87. The van der Waals surface area contributed by atoms with Gasteiger partial charge >= 0.3 is 5.97 Å². The normalized spacial score (nSPS) is 11.9. The lowest BCUT2D eigenvalue weighted by Crippen LogP contribution is -2.28. The maximum Gasteiger partial charge on any atom is 0.354 e. The van der Waals surface area contributed by atoms with Crippen LogP contribution in [-0.2, 0) is 0 Å². The van der Waals surface area contributed by atoms with Crippen LogP contribution in [0.5, 0.6) is 0 Å². The zero-order valence-corrected chi connectivity index (χ0v) is 16.5. The summed E-state index contributed by atoms with van der Waals surface area (Å²) < 4.78 is 14.8. The standard InChI is InChI=1S/C22H18FN5O3/c1-2-18(13-7-8-25-19(9-13)22(30)31)27-21(29)17-10-24-12-20-16(17)11-26-28(20)15-5-3-14(23)4-6-15/h3-12,18H,2H2,1H3,(H,27,29)(H,30,31)/t18-/m0/s1. The third kappa shape index (κ3) is 3.97. The summed E-state index contributed by atoms with van der Waals surface area (Å²) in [6.07, 6.45) is 6.55. The number of aromatic carboxylic acids is 1. The number of carboxylic acids is 1. The molecule has 0 radical (unpaired) electrons. The van der Waals surface area contributed by atoms with E-state index in [1.807, 2.05) is 6.92 Å². The number of hydrogen-bond donors (Lipinski definition) is 2. The number of nitrogens with zero attached hydrogens (tertiary/aromatic N) is 4. The fourth-order valence-electron chi connectivity index (χ4n) is 3.35. The summed E-state index contributed by atoms with van der Waals surface area (Å²) in [4.78, 5) is 32.2. The van der Waals surface area contributed by atoms with Gasteiger partial charge in [0, 0.05) is 17.8 Å². The van der Waals surface area contributed by atoms with E-state index in [4.69, 9.17) is 5.11 Å². The summed E-state index contributed by atoms with van der Waals surface area (Å²) in [5, 5.41) is 17.0. The summed E-state index contributed by atoms with van der Waals surface area (Å²) in [5.74, 6) is -1.85. The number of fused-ring (bicyclic) bond motifs is 1. The zero-order valence-electron chi connectivity index (χ0n) is 16.5. The number of halogens is 1. The van der Waals surface area contributed by atoms with Gasteiger partial charge in [0.1, 0.15) is 11.5 Å². The SMILES string of the molecule is CC[C@H](NC(=O)c1cncc2c1cnn2-c1ccc(F)cc1)c1ccnc(C(=O)O)c1. The molecular formula is C22H18FN5O3. The second-order valence-electron chi connectivity index (χ2n) is 6.87. The van der Waals surface area contributed by atoms with Gasteiger partial charge in [0.05, 0.1) is 35.2 Å². The van der Waals surface area contributed by atoms with E-state index in [-0.39, 0.29) is 17.4 Å². The van der Waals surface area contributed by atoms with Crippen LogP contribution in [0.25, 0.3) is 16.6 Å². The molecule has 1 aromatic carbocycles. The fraction of sp³-hybridized carbons (Fsp3) is 0.136. The third-order valence-corrected chi connectivity index (χ3v) is 4.93. The Morgan fingerprint density at radius 3 is 2.65 bits per heavy atom. The first-order valence-electron chi connectivity index (χ1n) is 9.55. The lowest BCUT2D eigenvalue weighted by molar-refractivity contribution is 0.0690. The van der Waals surface area contributed by atoms with Gasteiger partial charge < -0.3 is 10.4 Å². The number of nitrogens with one attached hydrogen (secondary N) is 1. The van der Waals surface area contributed by atoms with Gasteiger partial charge in [0.2, 0.25) is 0 Å². The Kier molecular flexibility index (Phi) is 5.40. The van der Waals surface area contributed by atoms with E-state index in [1.165, 1.54) is 30.6 Å². The second kappa shape index (κ2) is 8.31. The Hall–Kier alpha value is -4.14. The van der Waals surface area contributed by atoms with Crippen LogP contribution in [0.1, 0.15) is 45.8 Å². The first-order valence-corrected chi connectivity index (χ1v) is 9.55. The largest absolute Gasteiger partial charge is 0.477 e. The molecule has 0 aliphatic heterocycles. The summed E-state index contributed by atoms with van der Waals surface area (Å²) in [6.45, 7) is 1.89. The van der Waals surface area contributed by atoms with Crippen LogP contribution in [0.4, 0.5) is 4.39 Å². The van der Waals surface area contributed by atoms with Gasteiger partial charge in [-0.15, -0.1) is 0 Å². The number of benzene rings is 1. The minimum Gasteiger partial charge on any atom is -0.477 e. The van der Waals surface area contributed by atoms with E-state index in [0.717, 1.165) is 0 Å². The molecule has 0 aliphatic carbocycles. The average Bonchev–Trinajstić information content (AvgIpc) is 3.22. The van der Waals surface area contributed by atoms with Gasteiger partial charge in [-0.05, 0) is 48.4 Å². The minimum absolute atomic E-state index is 0.0884.